The molecule has 0 radical (unpaired) electrons. The average molecular weight is 510 g/mol. The van der Waals surface area contributed by atoms with Crippen molar-refractivity contribution in [1.82, 2.24) is 20.1 Å². The second-order valence-corrected chi connectivity index (χ2v) is 8.92. The van der Waals surface area contributed by atoms with Gasteiger partial charge in [0.05, 0.1) is 19.5 Å². The van der Waals surface area contributed by atoms with Crippen LogP contribution >= 0.6 is 11.8 Å². The highest BCUT2D eigenvalue weighted by atomic mass is 32.2. The van der Waals surface area contributed by atoms with Gasteiger partial charge < -0.3 is 25.0 Å². The zero-order valence-electron chi connectivity index (χ0n) is 20.7. The van der Waals surface area contributed by atoms with E-state index in [-0.39, 0.29) is 24.2 Å². The summed E-state index contributed by atoms with van der Waals surface area (Å²) in [5, 5.41) is 24.7. The predicted octanol–water partition coefficient (Wildman–Crippen LogP) is 3.54. The quantitative estimate of drug-likeness (QED) is 0.252. The Labute approximate surface area is 215 Å². The number of para-hydroxylation sites is 1. The smallest absolute Gasteiger partial charge is 0.251 e. The molecule has 9 nitrogen and oxygen atoms in total. The van der Waals surface area contributed by atoms with Gasteiger partial charge in [-0.05, 0) is 48.7 Å². The molecule has 36 heavy (non-hydrogen) atoms. The number of aliphatic hydroxyl groups excluding tert-OH is 1. The fourth-order valence-corrected chi connectivity index (χ4v) is 4.40. The summed E-state index contributed by atoms with van der Waals surface area (Å²) < 4.78 is 6.85. The van der Waals surface area contributed by atoms with E-state index in [1.54, 1.807) is 42.0 Å². The molecule has 190 valence electrons. The minimum Gasteiger partial charge on any atom is -0.497 e. The third-order valence-corrected chi connectivity index (χ3v) is 6.51. The van der Waals surface area contributed by atoms with Crippen LogP contribution in [0.3, 0.4) is 0 Å². The summed E-state index contributed by atoms with van der Waals surface area (Å²) in [4.78, 5) is 25.4. The van der Waals surface area contributed by atoms with Crippen molar-refractivity contribution < 1.29 is 19.4 Å². The van der Waals surface area contributed by atoms with E-state index < -0.39 is 6.04 Å². The Bertz CT molecular complexity index is 1210. The third-order valence-electron chi connectivity index (χ3n) is 5.55. The number of nitrogens with one attached hydrogen (secondary N) is 2. The van der Waals surface area contributed by atoms with Crippen molar-refractivity contribution >= 4 is 29.3 Å². The van der Waals surface area contributed by atoms with E-state index in [0.717, 1.165) is 23.2 Å². The summed E-state index contributed by atoms with van der Waals surface area (Å²) in [5.41, 5.74) is 3.32. The third kappa shape index (κ3) is 6.52. The summed E-state index contributed by atoms with van der Waals surface area (Å²) in [7, 11) is 1.55. The second-order valence-electron chi connectivity index (χ2n) is 7.98. The zero-order valence-corrected chi connectivity index (χ0v) is 21.5. The molecule has 0 unspecified atom stereocenters. The number of methoxy groups -OCH3 is 1. The van der Waals surface area contributed by atoms with E-state index in [2.05, 4.69) is 27.4 Å². The van der Waals surface area contributed by atoms with E-state index in [9.17, 15) is 14.7 Å². The fourth-order valence-electron chi connectivity index (χ4n) is 3.65. The maximum absolute atomic E-state index is 12.7. The molecule has 0 fully saturated rings. The fraction of sp³-hybridized carbons (Fsp3) is 0.308. The highest BCUT2D eigenvalue weighted by Crippen LogP contribution is 2.24. The van der Waals surface area contributed by atoms with Gasteiger partial charge in [-0.25, -0.2) is 0 Å². The lowest BCUT2D eigenvalue weighted by atomic mass is 10.1. The molecule has 0 spiro atoms. The van der Waals surface area contributed by atoms with Crippen molar-refractivity contribution in [3.63, 3.8) is 0 Å². The number of thioether (sulfide) groups is 1. The van der Waals surface area contributed by atoms with Crippen molar-refractivity contribution in [1.29, 1.82) is 0 Å². The van der Waals surface area contributed by atoms with Crippen molar-refractivity contribution in [2.75, 3.05) is 24.8 Å². The summed E-state index contributed by atoms with van der Waals surface area (Å²) in [6.07, 6.45) is 2.48. The van der Waals surface area contributed by atoms with Gasteiger partial charge in [-0.15, -0.1) is 16.8 Å². The summed E-state index contributed by atoms with van der Waals surface area (Å²) in [6, 6.07) is 11.8. The summed E-state index contributed by atoms with van der Waals surface area (Å²) in [6.45, 7) is 7.76. The predicted molar refractivity (Wildman–Crippen MR) is 140 cm³/mol. The van der Waals surface area contributed by atoms with Crippen LogP contribution in [0.2, 0.25) is 0 Å². The largest absolute Gasteiger partial charge is 0.497 e. The molecule has 3 N–H and O–H groups in total. The second kappa shape index (κ2) is 12.9. The van der Waals surface area contributed by atoms with Gasteiger partial charge in [0, 0.05) is 17.8 Å². The first kappa shape index (κ1) is 27.0. The number of aryl methyl sites for hydroxylation is 2. The molecule has 0 bridgehead atoms. The van der Waals surface area contributed by atoms with Crippen molar-refractivity contribution in [2.45, 2.75) is 38.0 Å². The SMILES string of the molecule is C=CCn1c(SCC(=O)Nc2c(C)cccc2CC)nnc1[C@H](CO)NC(=O)c1ccc(OC)cc1. The number of carbonyl (C=O) groups excluding carboxylic acids is 2. The van der Waals surface area contributed by atoms with E-state index in [1.165, 1.54) is 11.8 Å². The Morgan fingerprint density at radius 1 is 1.22 bits per heavy atom. The molecule has 2 amide bonds. The number of nitrogens with zero attached hydrogens (tertiary/aromatic N) is 3. The van der Waals surface area contributed by atoms with Crippen LogP contribution in [0.5, 0.6) is 5.75 Å². The number of rotatable bonds is 12. The number of anilines is 1. The number of hydrogen-bond acceptors (Lipinski definition) is 7. The maximum atomic E-state index is 12.7. The van der Waals surface area contributed by atoms with Gasteiger partial charge in [-0.2, -0.15) is 0 Å². The molecule has 1 heterocycles. The Morgan fingerprint density at radius 2 is 1.97 bits per heavy atom. The van der Waals surface area contributed by atoms with Gasteiger partial charge in [-0.3, -0.25) is 9.59 Å². The number of carbonyl (C=O) groups is 2. The Balaban J connectivity index is 1.72. The van der Waals surface area contributed by atoms with Crippen LogP contribution in [0.25, 0.3) is 0 Å². The van der Waals surface area contributed by atoms with E-state index in [4.69, 9.17) is 4.74 Å². The van der Waals surface area contributed by atoms with Crippen LogP contribution in [0.1, 0.15) is 40.3 Å². The highest BCUT2D eigenvalue weighted by molar-refractivity contribution is 7.99. The van der Waals surface area contributed by atoms with Crippen molar-refractivity contribution in [3.05, 3.63) is 77.6 Å². The van der Waals surface area contributed by atoms with Gasteiger partial charge >= 0.3 is 0 Å². The van der Waals surface area contributed by atoms with Crippen LogP contribution in [-0.2, 0) is 17.8 Å². The van der Waals surface area contributed by atoms with Gasteiger partial charge in [0.25, 0.3) is 5.91 Å². The van der Waals surface area contributed by atoms with Crippen LogP contribution in [0, 0.1) is 6.92 Å². The maximum Gasteiger partial charge on any atom is 0.251 e. The molecule has 2 aromatic carbocycles. The van der Waals surface area contributed by atoms with E-state index in [0.29, 0.717) is 28.8 Å². The highest BCUT2D eigenvalue weighted by Gasteiger charge is 2.23. The standard InChI is InChI=1S/C26H31N5O4S/c1-5-14-31-24(21(15-32)27-25(34)19-10-12-20(35-4)13-11-19)29-30-26(31)36-16-22(33)28-23-17(3)8-7-9-18(23)6-2/h5,7-13,21,32H,1,6,14-16H2,2-4H3,(H,27,34)(H,28,33)/t21-/m0/s1. The van der Waals surface area contributed by atoms with Crippen LogP contribution in [0.15, 0.2) is 60.3 Å². The topological polar surface area (TPSA) is 118 Å². The molecule has 0 aliphatic carbocycles. The molecule has 1 aromatic heterocycles. The molecule has 1 atom stereocenters. The minimum absolute atomic E-state index is 0.120. The Kier molecular flexibility index (Phi) is 9.66. The lowest BCUT2D eigenvalue weighted by Gasteiger charge is -2.17. The minimum atomic E-state index is -0.797. The average Bonchev–Trinajstić information content (AvgIpc) is 3.29. The van der Waals surface area contributed by atoms with Gasteiger partial charge in [0.1, 0.15) is 11.8 Å². The number of aromatic nitrogens is 3. The number of ether oxygens (including phenoxy) is 1. The zero-order chi connectivity index (χ0) is 26.1. The van der Waals surface area contributed by atoms with Crippen LogP contribution < -0.4 is 15.4 Å². The first-order valence-electron chi connectivity index (χ1n) is 11.5. The van der Waals surface area contributed by atoms with Crippen LogP contribution in [-0.4, -0.2) is 51.2 Å². The van der Waals surface area contributed by atoms with Crippen molar-refractivity contribution in [3.8, 4) is 5.75 Å². The van der Waals surface area contributed by atoms with E-state index in [1.807, 2.05) is 32.0 Å². The Morgan fingerprint density at radius 3 is 2.61 bits per heavy atom. The monoisotopic (exact) mass is 509 g/mol. The molecule has 0 aliphatic rings. The lowest BCUT2D eigenvalue weighted by Crippen LogP contribution is -2.33. The molecular formula is C26H31N5O4S. The summed E-state index contributed by atoms with van der Waals surface area (Å²) in [5.74, 6) is 0.590. The molecule has 3 aromatic rings. The first-order chi connectivity index (χ1) is 17.4. The number of hydrogen-bond donors (Lipinski definition) is 3. The number of amides is 2. The lowest BCUT2D eigenvalue weighted by molar-refractivity contribution is -0.113. The normalized spacial score (nSPS) is 11.6. The number of allylic oxidation sites excluding steroid dienone is 1. The molecule has 10 heteroatoms. The van der Waals surface area contributed by atoms with Crippen molar-refractivity contribution in [2.24, 2.45) is 0 Å². The van der Waals surface area contributed by atoms with Crippen LogP contribution in [0.4, 0.5) is 5.69 Å². The number of aliphatic hydroxyl groups is 1. The molecule has 3 rings (SSSR count). The first-order valence-corrected chi connectivity index (χ1v) is 12.5. The van der Waals surface area contributed by atoms with Gasteiger partial charge in [-0.1, -0.05) is 43.0 Å². The van der Waals surface area contributed by atoms with Gasteiger partial charge in [0.15, 0.2) is 11.0 Å². The molecular weight excluding hydrogens is 478 g/mol. The van der Waals surface area contributed by atoms with E-state index >= 15 is 0 Å². The van der Waals surface area contributed by atoms with Gasteiger partial charge in [0.2, 0.25) is 5.91 Å². The Hall–Kier alpha value is -3.63. The molecule has 0 aliphatic heterocycles. The number of benzene rings is 2. The summed E-state index contributed by atoms with van der Waals surface area (Å²) >= 11 is 1.22. The molecule has 0 saturated carbocycles. The molecule has 0 saturated heterocycles.